The SMILES string of the molecule is O=C(O)N[C@H]1CC[C@H](c2nnc(C(F)F)s2)CC1. The molecule has 1 aromatic heterocycles. The Labute approximate surface area is 106 Å². The number of nitrogens with zero attached hydrogens (tertiary/aromatic N) is 2. The summed E-state index contributed by atoms with van der Waals surface area (Å²) in [6.07, 6.45) is -0.664. The van der Waals surface area contributed by atoms with Crippen LogP contribution in [0, 0.1) is 0 Å². The predicted molar refractivity (Wildman–Crippen MR) is 61.0 cm³/mol. The summed E-state index contributed by atoms with van der Waals surface area (Å²) < 4.78 is 24.8. The van der Waals surface area contributed by atoms with Gasteiger partial charge in [0.2, 0.25) is 0 Å². The number of nitrogens with one attached hydrogen (secondary N) is 1. The van der Waals surface area contributed by atoms with Crippen molar-refractivity contribution in [2.24, 2.45) is 0 Å². The highest BCUT2D eigenvalue weighted by Gasteiger charge is 2.26. The quantitative estimate of drug-likeness (QED) is 0.890. The van der Waals surface area contributed by atoms with E-state index in [0.29, 0.717) is 17.8 Å². The van der Waals surface area contributed by atoms with Gasteiger partial charge in [-0.1, -0.05) is 11.3 Å². The van der Waals surface area contributed by atoms with E-state index in [9.17, 15) is 13.6 Å². The zero-order valence-electron chi connectivity index (χ0n) is 9.47. The van der Waals surface area contributed by atoms with E-state index in [1.54, 1.807) is 0 Å². The molecular weight excluding hydrogens is 264 g/mol. The van der Waals surface area contributed by atoms with Crippen molar-refractivity contribution in [1.29, 1.82) is 0 Å². The van der Waals surface area contributed by atoms with Crippen molar-refractivity contribution in [1.82, 2.24) is 15.5 Å². The first-order valence-corrected chi connectivity index (χ1v) is 6.49. The molecule has 0 saturated heterocycles. The third-order valence-electron chi connectivity index (χ3n) is 3.05. The largest absolute Gasteiger partial charge is 0.465 e. The number of halogens is 2. The van der Waals surface area contributed by atoms with Gasteiger partial charge in [-0.25, -0.2) is 13.6 Å². The van der Waals surface area contributed by atoms with E-state index >= 15 is 0 Å². The van der Waals surface area contributed by atoms with Gasteiger partial charge in [-0.3, -0.25) is 0 Å². The standard InChI is InChI=1S/C10H13F2N3O2S/c11-7(12)9-15-14-8(18-9)5-1-3-6(4-2-5)13-10(16)17/h5-7,13H,1-4H2,(H,16,17)/t5-,6-. The van der Waals surface area contributed by atoms with E-state index in [1.165, 1.54) is 0 Å². The fourth-order valence-corrected chi connectivity index (χ4v) is 3.03. The highest BCUT2D eigenvalue weighted by atomic mass is 32.1. The first-order chi connectivity index (χ1) is 8.56. The molecule has 0 atom stereocenters. The number of amides is 1. The molecule has 1 amide bonds. The van der Waals surface area contributed by atoms with Crippen molar-refractivity contribution in [3.05, 3.63) is 10.0 Å². The summed E-state index contributed by atoms with van der Waals surface area (Å²) in [5, 5.41) is 18.7. The molecule has 1 aliphatic rings. The monoisotopic (exact) mass is 277 g/mol. The highest BCUT2D eigenvalue weighted by Crippen LogP contribution is 2.35. The van der Waals surface area contributed by atoms with Gasteiger partial charge in [0.25, 0.3) is 6.43 Å². The summed E-state index contributed by atoms with van der Waals surface area (Å²) in [7, 11) is 0. The molecule has 1 heterocycles. The fourth-order valence-electron chi connectivity index (χ4n) is 2.16. The van der Waals surface area contributed by atoms with Crippen LogP contribution >= 0.6 is 11.3 Å². The van der Waals surface area contributed by atoms with Crippen LogP contribution in [0.5, 0.6) is 0 Å². The number of hydrogen-bond acceptors (Lipinski definition) is 4. The van der Waals surface area contributed by atoms with Crippen LogP contribution in [0.2, 0.25) is 0 Å². The Morgan fingerprint density at radius 1 is 1.33 bits per heavy atom. The Morgan fingerprint density at radius 3 is 2.50 bits per heavy atom. The van der Waals surface area contributed by atoms with Crippen LogP contribution < -0.4 is 5.32 Å². The van der Waals surface area contributed by atoms with Gasteiger partial charge in [0.05, 0.1) is 0 Å². The molecule has 0 aliphatic heterocycles. The van der Waals surface area contributed by atoms with Gasteiger partial charge in [-0.05, 0) is 25.7 Å². The molecule has 0 bridgehead atoms. The van der Waals surface area contributed by atoms with Gasteiger partial charge in [0.15, 0.2) is 5.01 Å². The molecule has 2 N–H and O–H groups in total. The van der Waals surface area contributed by atoms with Crippen LogP contribution in [0.3, 0.4) is 0 Å². The highest BCUT2D eigenvalue weighted by molar-refractivity contribution is 7.11. The summed E-state index contributed by atoms with van der Waals surface area (Å²) in [5.41, 5.74) is 0. The van der Waals surface area contributed by atoms with Crippen LogP contribution in [-0.2, 0) is 0 Å². The van der Waals surface area contributed by atoms with Gasteiger partial charge >= 0.3 is 6.09 Å². The third-order valence-corrected chi connectivity index (χ3v) is 4.14. The van der Waals surface area contributed by atoms with E-state index in [0.717, 1.165) is 24.2 Å². The normalized spacial score (nSPS) is 24.2. The molecule has 0 spiro atoms. The molecule has 1 fully saturated rings. The van der Waals surface area contributed by atoms with Crippen LogP contribution in [0.1, 0.15) is 48.0 Å². The van der Waals surface area contributed by atoms with Crippen LogP contribution in [0.15, 0.2) is 0 Å². The number of carboxylic acid groups (broad SMARTS) is 1. The van der Waals surface area contributed by atoms with Crippen molar-refractivity contribution >= 4 is 17.4 Å². The van der Waals surface area contributed by atoms with Crippen LogP contribution in [-0.4, -0.2) is 27.4 Å². The maximum atomic E-state index is 12.4. The third kappa shape index (κ3) is 3.12. The van der Waals surface area contributed by atoms with Crippen LogP contribution in [0.4, 0.5) is 13.6 Å². The second-order valence-electron chi connectivity index (χ2n) is 4.28. The molecule has 0 radical (unpaired) electrons. The molecule has 1 aliphatic carbocycles. The Morgan fingerprint density at radius 2 is 2.00 bits per heavy atom. The zero-order valence-corrected chi connectivity index (χ0v) is 10.3. The minimum absolute atomic E-state index is 0.0405. The van der Waals surface area contributed by atoms with E-state index in [-0.39, 0.29) is 17.0 Å². The van der Waals surface area contributed by atoms with E-state index < -0.39 is 12.5 Å². The molecule has 1 aromatic rings. The minimum Gasteiger partial charge on any atom is -0.465 e. The summed E-state index contributed by atoms with van der Waals surface area (Å²) in [6, 6.07) is -0.0405. The van der Waals surface area contributed by atoms with Crippen LogP contribution in [0.25, 0.3) is 0 Å². The predicted octanol–water partition coefficient (Wildman–Crippen LogP) is 2.77. The zero-order chi connectivity index (χ0) is 13.1. The van der Waals surface area contributed by atoms with Crippen molar-refractivity contribution in [2.45, 2.75) is 44.1 Å². The minimum atomic E-state index is -2.57. The second-order valence-corrected chi connectivity index (χ2v) is 5.32. The lowest BCUT2D eigenvalue weighted by molar-refractivity contribution is 0.150. The van der Waals surface area contributed by atoms with E-state index in [1.807, 2.05) is 0 Å². The van der Waals surface area contributed by atoms with E-state index in [2.05, 4.69) is 15.5 Å². The number of carbonyl (C=O) groups is 1. The van der Waals surface area contributed by atoms with E-state index in [4.69, 9.17) is 5.11 Å². The molecule has 0 unspecified atom stereocenters. The van der Waals surface area contributed by atoms with Crippen molar-refractivity contribution in [3.63, 3.8) is 0 Å². The number of hydrogen-bond donors (Lipinski definition) is 2. The van der Waals surface area contributed by atoms with Crippen molar-refractivity contribution in [3.8, 4) is 0 Å². The second kappa shape index (κ2) is 5.55. The molecule has 1 saturated carbocycles. The molecule has 8 heteroatoms. The summed E-state index contributed by atoms with van der Waals surface area (Å²) in [6.45, 7) is 0. The Bertz CT molecular complexity index is 419. The summed E-state index contributed by atoms with van der Waals surface area (Å²) >= 11 is 0.954. The molecular formula is C10H13F2N3O2S. The van der Waals surface area contributed by atoms with Crippen molar-refractivity contribution in [2.75, 3.05) is 0 Å². The average molecular weight is 277 g/mol. The van der Waals surface area contributed by atoms with Gasteiger partial charge in [-0.15, -0.1) is 10.2 Å². The number of alkyl halides is 2. The summed E-state index contributed by atoms with van der Waals surface area (Å²) in [5.74, 6) is 0.127. The molecule has 100 valence electrons. The Balaban J connectivity index is 1.90. The first-order valence-electron chi connectivity index (χ1n) is 5.67. The number of aromatic nitrogens is 2. The molecule has 0 aromatic carbocycles. The topological polar surface area (TPSA) is 75.1 Å². The average Bonchev–Trinajstić information content (AvgIpc) is 2.78. The Hall–Kier alpha value is -1.31. The lowest BCUT2D eigenvalue weighted by Gasteiger charge is -2.26. The first kappa shape index (κ1) is 13.1. The molecule has 5 nitrogen and oxygen atoms in total. The lowest BCUT2D eigenvalue weighted by Crippen LogP contribution is -2.36. The van der Waals surface area contributed by atoms with Crippen molar-refractivity contribution < 1.29 is 18.7 Å². The number of rotatable bonds is 3. The molecule has 18 heavy (non-hydrogen) atoms. The fraction of sp³-hybridized carbons (Fsp3) is 0.700. The smallest absolute Gasteiger partial charge is 0.404 e. The maximum Gasteiger partial charge on any atom is 0.404 e. The molecule has 2 rings (SSSR count). The van der Waals surface area contributed by atoms with Gasteiger partial charge in [0.1, 0.15) is 5.01 Å². The van der Waals surface area contributed by atoms with Gasteiger partial charge in [-0.2, -0.15) is 0 Å². The van der Waals surface area contributed by atoms with Gasteiger partial charge < -0.3 is 10.4 Å². The van der Waals surface area contributed by atoms with Gasteiger partial charge in [0, 0.05) is 12.0 Å². The maximum absolute atomic E-state index is 12.4. The summed E-state index contributed by atoms with van der Waals surface area (Å²) in [4.78, 5) is 10.5. The lowest BCUT2D eigenvalue weighted by atomic mass is 9.86. The Kier molecular flexibility index (Phi) is 4.05.